The Balaban J connectivity index is 1.23. The lowest BCUT2D eigenvalue weighted by Crippen LogP contribution is -2.47. The van der Waals surface area contributed by atoms with Crippen LogP contribution in [0.4, 0.5) is 11.4 Å². The van der Waals surface area contributed by atoms with Crippen LogP contribution < -0.4 is 10.6 Å². The van der Waals surface area contributed by atoms with Crippen molar-refractivity contribution in [3.63, 3.8) is 0 Å². The van der Waals surface area contributed by atoms with Crippen molar-refractivity contribution in [1.29, 1.82) is 0 Å². The molecule has 36 heavy (non-hydrogen) atoms. The summed E-state index contributed by atoms with van der Waals surface area (Å²) in [4.78, 5) is 43.1. The van der Waals surface area contributed by atoms with Crippen molar-refractivity contribution in [2.75, 3.05) is 43.5 Å². The first-order chi connectivity index (χ1) is 17.6. The van der Waals surface area contributed by atoms with Gasteiger partial charge in [0, 0.05) is 36.1 Å². The number of morpholine rings is 1. The minimum Gasteiger partial charge on any atom is -0.379 e. The van der Waals surface area contributed by atoms with Crippen LogP contribution in [-0.2, 0) is 14.3 Å². The molecule has 3 unspecified atom stereocenters. The van der Waals surface area contributed by atoms with Crippen LogP contribution in [0.15, 0.2) is 54.6 Å². The van der Waals surface area contributed by atoms with Gasteiger partial charge in [-0.2, -0.15) is 0 Å². The van der Waals surface area contributed by atoms with Crippen molar-refractivity contribution in [2.24, 2.45) is 5.92 Å². The number of rotatable bonds is 6. The quantitative estimate of drug-likeness (QED) is 0.648. The van der Waals surface area contributed by atoms with Crippen LogP contribution in [0.3, 0.4) is 0 Å². The van der Waals surface area contributed by atoms with E-state index in [0.29, 0.717) is 49.0 Å². The standard InChI is InChI=1S/C28H34N4O4/c33-26(19-31-14-16-36-17-15-31)29-22-10-12-23(13-11-22)30-27(34)25-18-21-8-4-5-9-24(21)32(25)28(35)20-6-2-1-3-7-20/h1-3,6-7,10-13,21,24-25H,4-5,8-9,14-19H2,(H,29,33)(H,30,34). The summed E-state index contributed by atoms with van der Waals surface area (Å²) in [5.74, 6) is 0.0739. The van der Waals surface area contributed by atoms with Crippen LogP contribution >= 0.6 is 0 Å². The van der Waals surface area contributed by atoms with Crippen LogP contribution in [0, 0.1) is 5.92 Å². The predicted octanol–water partition coefficient (Wildman–Crippen LogP) is 3.37. The lowest BCUT2D eigenvalue weighted by atomic mass is 9.84. The molecule has 0 aromatic heterocycles. The third-order valence-electron chi connectivity index (χ3n) is 7.55. The molecule has 5 rings (SSSR count). The fraction of sp³-hybridized carbons (Fsp3) is 0.464. The number of amides is 3. The highest BCUT2D eigenvalue weighted by Gasteiger charge is 2.47. The summed E-state index contributed by atoms with van der Waals surface area (Å²) in [6, 6.07) is 16.0. The van der Waals surface area contributed by atoms with Gasteiger partial charge in [0.05, 0.1) is 19.8 Å². The molecule has 3 amide bonds. The van der Waals surface area contributed by atoms with E-state index >= 15 is 0 Å². The van der Waals surface area contributed by atoms with Crippen molar-refractivity contribution >= 4 is 29.1 Å². The normalized spacial score (nSPS) is 24.1. The maximum atomic E-state index is 13.5. The Morgan fingerprint density at radius 1 is 0.861 bits per heavy atom. The molecule has 8 nitrogen and oxygen atoms in total. The minimum absolute atomic E-state index is 0.0662. The van der Waals surface area contributed by atoms with E-state index in [9.17, 15) is 14.4 Å². The molecule has 3 fully saturated rings. The number of hydrogen-bond donors (Lipinski definition) is 2. The smallest absolute Gasteiger partial charge is 0.254 e. The number of carbonyl (C=O) groups excluding carboxylic acids is 3. The molecular formula is C28H34N4O4. The Labute approximate surface area is 212 Å². The van der Waals surface area contributed by atoms with Crippen molar-refractivity contribution in [3.05, 3.63) is 60.2 Å². The van der Waals surface area contributed by atoms with Crippen LogP contribution in [0.1, 0.15) is 42.5 Å². The van der Waals surface area contributed by atoms with Crippen molar-refractivity contribution in [1.82, 2.24) is 9.80 Å². The molecule has 2 aromatic rings. The monoisotopic (exact) mass is 490 g/mol. The molecule has 2 aliphatic heterocycles. The fourth-order valence-electron chi connectivity index (χ4n) is 5.74. The van der Waals surface area contributed by atoms with Gasteiger partial charge in [0.25, 0.3) is 5.91 Å². The molecule has 2 aromatic carbocycles. The summed E-state index contributed by atoms with van der Waals surface area (Å²) in [5.41, 5.74) is 1.95. The molecule has 190 valence electrons. The van der Waals surface area contributed by atoms with Crippen LogP contribution in [-0.4, -0.2) is 72.5 Å². The summed E-state index contributed by atoms with van der Waals surface area (Å²) in [5, 5.41) is 5.92. The van der Waals surface area contributed by atoms with Gasteiger partial charge in [0.15, 0.2) is 0 Å². The van der Waals surface area contributed by atoms with Crippen molar-refractivity contribution < 1.29 is 19.1 Å². The van der Waals surface area contributed by atoms with E-state index in [1.165, 1.54) is 0 Å². The first-order valence-corrected chi connectivity index (χ1v) is 13.0. The molecule has 1 saturated carbocycles. The Bertz CT molecular complexity index is 1070. The summed E-state index contributed by atoms with van der Waals surface area (Å²) < 4.78 is 5.32. The first kappa shape index (κ1) is 24.5. The Morgan fingerprint density at radius 3 is 2.25 bits per heavy atom. The van der Waals surface area contributed by atoms with E-state index in [1.54, 1.807) is 24.3 Å². The molecule has 3 aliphatic rings. The molecule has 1 aliphatic carbocycles. The number of nitrogens with one attached hydrogen (secondary N) is 2. The van der Waals surface area contributed by atoms with E-state index < -0.39 is 6.04 Å². The number of ether oxygens (including phenoxy) is 1. The molecule has 0 spiro atoms. The second-order valence-corrected chi connectivity index (χ2v) is 9.95. The zero-order valence-electron chi connectivity index (χ0n) is 20.5. The number of carbonyl (C=O) groups is 3. The van der Waals surface area contributed by atoms with Gasteiger partial charge in [-0.3, -0.25) is 19.3 Å². The van der Waals surface area contributed by atoms with Crippen LogP contribution in [0.5, 0.6) is 0 Å². The molecule has 2 heterocycles. The topological polar surface area (TPSA) is 91.0 Å². The van der Waals surface area contributed by atoms with Crippen LogP contribution in [0.2, 0.25) is 0 Å². The van der Waals surface area contributed by atoms with Gasteiger partial charge in [0.2, 0.25) is 11.8 Å². The van der Waals surface area contributed by atoms with Gasteiger partial charge in [-0.05, 0) is 61.6 Å². The highest BCUT2D eigenvalue weighted by Crippen LogP contribution is 2.40. The van der Waals surface area contributed by atoms with Crippen LogP contribution in [0.25, 0.3) is 0 Å². The lowest BCUT2D eigenvalue weighted by molar-refractivity contribution is -0.120. The second kappa shape index (κ2) is 11.2. The summed E-state index contributed by atoms with van der Waals surface area (Å²) in [7, 11) is 0. The SMILES string of the molecule is O=C(CN1CCOCC1)Nc1ccc(NC(=O)C2CC3CCCCC3N2C(=O)c2ccccc2)cc1. The van der Waals surface area contributed by atoms with Crippen molar-refractivity contribution in [3.8, 4) is 0 Å². The molecule has 0 bridgehead atoms. The molecule has 3 atom stereocenters. The zero-order chi connectivity index (χ0) is 24.9. The maximum absolute atomic E-state index is 13.5. The Hall–Kier alpha value is -3.23. The third kappa shape index (κ3) is 5.60. The largest absolute Gasteiger partial charge is 0.379 e. The number of likely N-dealkylation sites (tertiary alicyclic amines) is 1. The summed E-state index contributed by atoms with van der Waals surface area (Å²) in [6.07, 6.45) is 4.96. The van der Waals surface area contributed by atoms with E-state index in [1.807, 2.05) is 35.2 Å². The molecule has 2 N–H and O–H groups in total. The van der Waals surface area contributed by atoms with Gasteiger partial charge in [0.1, 0.15) is 6.04 Å². The van der Waals surface area contributed by atoms with Gasteiger partial charge >= 0.3 is 0 Å². The zero-order valence-corrected chi connectivity index (χ0v) is 20.5. The Kier molecular flexibility index (Phi) is 7.63. The van der Waals surface area contributed by atoms with E-state index in [0.717, 1.165) is 38.8 Å². The molecule has 8 heteroatoms. The number of nitrogens with zero attached hydrogens (tertiary/aromatic N) is 2. The highest BCUT2D eigenvalue weighted by molar-refractivity contribution is 6.02. The van der Waals surface area contributed by atoms with E-state index in [4.69, 9.17) is 4.74 Å². The number of anilines is 2. The van der Waals surface area contributed by atoms with Crippen molar-refractivity contribution in [2.45, 2.75) is 44.2 Å². The number of hydrogen-bond acceptors (Lipinski definition) is 5. The lowest BCUT2D eigenvalue weighted by Gasteiger charge is -2.33. The first-order valence-electron chi connectivity index (χ1n) is 13.0. The average Bonchev–Trinajstić information content (AvgIpc) is 3.30. The van der Waals surface area contributed by atoms with Gasteiger partial charge < -0.3 is 20.3 Å². The van der Waals surface area contributed by atoms with Gasteiger partial charge in [-0.15, -0.1) is 0 Å². The number of fused-ring (bicyclic) bond motifs is 1. The molecule has 2 saturated heterocycles. The third-order valence-corrected chi connectivity index (χ3v) is 7.55. The van der Waals surface area contributed by atoms with E-state index in [-0.39, 0.29) is 23.8 Å². The summed E-state index contributed by atoms with van der Waals surface area (Å²) in [6.45, 7) is 3.14. The summed E-state index contributed by atoms with van der Waals surface area (Å²) >= 11 is 0. The Morgan fingerprint density at radius 2 is 1.53 bits per heavy atom. The highest BCUT2D eigenvalue weighted by atomic mass is 16.5. The second-order valence-electron chi connectivity index (χ2n) is 9.95. The maximum Gasteiger partial charge on any atom is 0.254 e. The number of benzene rings is 2. The predicted molar refractivity (Wildman–Crippen MR) is 138 cm³/mol. The fourth-order valence-corrected chi connectivity index (χ4v) is 5.74. The molecular weight excluding hydrogens is 456 g/mol. The average molecular weight is 491 g/mol. The van der Waals surface area contributed by atoms with E-state index in [2.05, 4.69) is 15.5 Å². The minimum atomic E-state index is -0.487. The van der Waals surface area contributed by atoms with Gasteiger partial charge in [-0.1, -0.05) is 31.0 Å². The van der Waals surface area contributed by atoms with Gasteiger partial charge in [-0.25, -0.2) is 0 Å². The molecule has 0 radical (unpaired) electrons.